The number of amides is 1. The predicted octanol–water partition coefficient (Wildman–Crippen LogP) is 3.28. The number of hydrogen-bond acceptors (Lipinski definition) is 3. The Kier molecular flexibility index (Phi) is 5.04. The van der Waals surface area contributed by atoms with Gasteiger partial charge in [0.2, 0.25) is 0 Å². The molecule has 0 heterocycles. The Morgan fingerprint density at radius 3 is 2.18 bits per heavy atom. The summed E-state index contributed by atoms with van der Waals surface area (Å²) in [6.45, 7) is 2.60. The van der Waals surface area contributed by atoms with Crippen molar-refractivity contribution >= 4 is 5.91 Å². The number of rotatable bonds is 5. The molecule has 1 amide bonds. The van der Waals surface area contributed by atoms with E-state index in [4.69, 9.17) is 9.47 Å². The Morgan fingerprint density at radius 1 is 1.05 bits per heavy atom. The highest BCUT2D eigenvalue weighted by molar-refractivity contribution is 5.95. The molecule has 0 unspecified atom stereocenters. The first kappa shape index (κ1) is 15.9. The van der Waals surface area contributed by atoms with Crippen LogP contribution in [0, 0.1) is 6.92 Å². The molecule has 0 radical (unpaired) electrons. The molecule has 0 aliphatic heterocycles. The fourth-order valence-electron chi connectivity index (χ4n) is 2.27. The molecule has 0 bridgehead atoms. The van der Waals surface area contributed by atoms with Crippen molar-refractivity contribution in [3.8, 4) is 11.5 Å². The lowest BCUT2D eigenvalue weighted by molar-refractivity contribution is 0.0784. The summed E-state index contributed by atoms with van der Waals surface area (Å²) in [6.07, 6.45) is 0. The van der Waals surface area contributed by atoms with Crippen molar-refractivity contribution in [2.45, 2.75) is 13.5 Å². The summed E-state index contributed by atoms with van der Waals surface area (Å²) in [7, 11) is 4.93. The topological polar surface area (TPSA) is 38.8 Å². The van der Waals surface area contributed by atoms with E-state index < -0.39 is 0 Å². The number of ether oxygens (including phenoxy) is 2. The zero-order chi connectivity index (χ0) is 16.1. The number of carbonyl (C=O) groups excluding carboxylic acids is 1. The lowest BCUT2D eigenvalue weighted by Gasteiger charge is -2.19. The van der Waals surface area contributed by atoms with Crippen molar-refractivity contribution in [1.82, 2.24) is 4.90 Å². The molecule has 0 fully saturated rings. The highest BCUT2D eigenvalue weighted by Gasteiger charge is 2.15. The van der Waals surface area contributed by atoms with E-state index in [1.165, 1.54) is 5.56 Å². The summed E-state index contributed by atoms with van der Waals surface area (Å²) in [4.78, 5) is 14.3. The first-order valence-corrected chi connectivity index (χ1v) is 7.08. The molecule has 0 aromatic heterocycles. The number of nitrogens with zero attached hydrogens (tertiary/aromatic N) is 1. The smallest absolute Gasteiger partial charge is 0.254 e. The number of aryl methyl sites for hydroxylation is 1. The maximum Gasteiger partial charge on any atom is 0.254 e. The average Bonchev–Trinajstić information content (AvgIpc) is 2.55. The van der Waals surface area contributed by atoms with Crippen LogP contribution in [-0.4, -0.2) is 32.1 Å². The molecule has 0 spiro atoms. The maximum atomic E-state index is 12.6. The van der Waals surface area contributed by atoms with Crippen LogP contribution >= 0.6 is 0 Å². The van der Waals surface area contributed by atoms with Gasteiger partial charge in [0.15, 0.2) is 0 Å². The summed E-state index contributed by atoms with van der Waals surface area (Å²) >= 11 is 0. The lowest BCUT2D eigenvalue weighted by atomic mass is 10.1. The quantitative estimate of drug-likeness (QED) is 0.850. The highest BCUT2D eigenvalue weighted by atomic mass is 16.5. The summed E-state index contributed by atoms with van der Waals surface area (Å²) < 4.78 is 10.4. The van der Waals surface area contributed by atoms with E-state index in [2.05, 4.69) is 0 Å². The van der Waals surface area contributed by atoms with E-state index in [-0.39, 0.29) is 5.91 Å². The zero-order valence-corrected chi connectivity index (χ0v) is 13.4. The third kappa shape index (κ3) is 3.58. The van der Waals surface area contributed by atoms with E-state index in [9.17, 15) is 4.79 Å². The maximum absolute atomic E-state index is 12.6. The minimum absolute atomic E-state index is 0.0690. The summed E-state index contributed by atoms with van der Waals surface area (Å²) in [5, 5.41) is 0. The Bertz CT molecular complexity index is 645. The van der Waals surface area contributed by atoms with Crippen molar-refractivity contribution in [2.24, 2.45) is 0 Å². The van der Waals surface area contributed by atoms with Crippen LogP contribution < -0.4 is 9.47 Å². The fraction of sp³-hybridized carbons (Fsp3) is 0.278. The monoisotopic (exact) mass is 299 g/mol. The van der Waals surface area contributed by atoms with Gasteiger partial charge in [-0.1, -0.05) is 24.3 Å². The van der Waals surface area contributed by atoms with E-state index in [1.54, 1.807) is 44.4 Å². The second kappa shape index (κ2) is 6.98. The van der Waals surface area contributed by atoms with E-state index in [0.29, 0.717) is 23.6 Å². The van der Waals surface area contributed by atoms with Gasteiger partial charge in [-0.15, -0.1) is 0 Å². The van der Waals surface area contributed by atoms with Crippen LogP contribution in [0.1, 0.15) is 21.5 Å². The van der Waals surface area contributed by atoms with Gasteiger partial charge in [-0.25, -0.2) is 0 Å². The van der Waals surface area contributed by atoms with E-state index in [1.807, 2.05) is 31.2 Å². The van der Waals surface area contributed by atoms with Gasteiger partial charge in [0.05, 0.1) is 14.2 Å². The zero-order valence-electron chi connectivity index (χ0n) is 13.4. The van der Waals surface area contributed by atoms with Gasteiger partial charge in [-0.2, -0.15) is 0 Å². The largest absolute Gasteiger partial charge is 0.497 e. The Hall–Kier alpha value is -2.49. The van der Waals surface area contributed by atoms with Crippen LogP contribution in [0.5, 0.6) is 11.5 Å². The molecule has 0 N–H and O–H groups in total. The normalized spacial score (nSPS) is 10.2. The van der Waals surface area contributed by atoms with Gasteiger partial charge >= 0.3 is 0 Å². The minimum Gasteiger partial charge on any atom is -0.497 e. The lowest BCUT2D eigenvalue weighted by Crippen LogP contribution is -2.26. The molecule has 2 aromatic rings. The highest BCUT2D eigenvalue weighted by Crippen LogP contribution is 2.23. The molecule has 0 aliphatic carbocycles. The van der Waals surface area contributed by atoms with E-state index in [0.717, 1.165) is 5.56 Å². The van der Waals surface area contributed by atoms with Crippen LogP contribution in [0.2, 0.25) is 0 Å². The van der Waals surface area contributed by atoms with Crippen LogP contribution in [0.25, 0.3) is 0 Å². The van der Waals surface area contributed by atoms with Gasteiger partial charge in [-0.05, 0) is 30.2 Å². The van der Waals surface area contributed by atoms with Crippen molar-refractivity contribution in [2.75, 3.05) is 21.3 Å². The molecule has 2 aromatic carbocycles. The average molecular weight is 299 g/mol. The third-order valence-electron chi connectivity index (χ3n) is 3.61. The summed E-state index contributed by atoms with van der Waals surface area (Å²) in [5.74, 6) is 1.14. The molecule has 116 valence electrons. The van der Waals surface area contributed by atoms with Crippen molar-refractivity contribution < 1.29 is 14.3 Å². The molecular formula is C18H21NO3. The second-order valence-electron chi connectivity index (χ2n) is 5.19. The SMILES string of the molecule is COc1cc(OC)cc(C(=O)N(C)Cc2ccccc2C)c1. The summed E-state index contributed by atoms with van der Waals surface area (Å²) in [6, 6.07) is 13.2. The van der Waals surface area contributed by atoms with Gasteiger partial charge in [0.25, 0.3) is 5.91 Å². The fourth-order valence-corrected chi connectivity index (χ4v) is 2.27. The van der Waals surface area contributed by atoms with Crippen molar-refractivity contribution in [3.05, 3.63) is 59.2 Å². The first-order valence-electron chi connectivity index (χ1n) is 7.08. The molecule has 4 nitrogen and oxygen atoms in total. The molecule has 0 saturated heterocycles. The van der Waals surface area contributed by atoms with Gasteiger partial charge in [-0.3, -0.25) is 4.79 Å². The van der Waals surface area contributed by atoms with Crippen molar-refractivity contribution in [3.63, 3.8) is 0 Å². The molecule has 0 saturated carbocycles. The predicted molar refractivity (Wildman–Crippen MR) is 86.5 cm³/mol. The molecule has 22 heavy (non-hydrogen) atoms. The molecular weight excluding hydrogens is 278 g/mol. The van der Waals surface area contributed by atoms with Crippen LogP contribution in [0.3, 0.4) is 0 Å². The summed E-state index contributed by atoms with van der Waals surface area (Å²) in [5.41, 5.74) is 2.85. The molecule has 0 atom stereocenters. The third-order valence-corrected chi connectivity index (χ3v) is 3.61. The first-order chi connectivity index (χ1) is 10.5. The number of benzene rings is 2. The Morgan fingerprint density at radius 2 is 1.64 bits per heavy atom. The number of methoxy groups -OCH3 is 2. The molecule has 4 heteroatoms. The molecule has 2 rings (SSSR count). The van der Waals surface area contributed by atoms with Crippen molar-refractivity contribution in [1.29, 1.82) is 0 Å². The minimum atomic E-state index is -0.0690. The standard InChI is InChI=1S/C18H21NO3/c1-13-7-5-6-8-14(13)12-19(2)18(20)15-9-16(21-3)11-17(10-15)22-4/h5-11H,12H2,1-4H3. The van der Waals surface area contributed by atoms with Crippen LogP contribution in [-0.2, 0) is 6.54 Å². The Labute approximate surface area is 131 Å². The second-order valence-corrected chi connectivity index (χ2v) is 5.19. The van der Waals surface area contributed by atoms with Gasteiger partial charge < -0.3 is 14.4 Å². The van der Waals surface area contributed by atoms with E-state index >= 15 is 0 Å². The van der Waals surface area contributed by atoms with Crippen LogP contribution in [0.4, 0.5) is 0 Å². The number of carbonyl (C=O) groups is 1. The van der Waals surface area contributed by atoms with Gasteiger partial charge in [0, 0.05) is 25.2 Å². The van der Waals surface area contributed by atoms with Gasteiger partial charge in [0.1, 0.15) is 11.5 Å². The molecule has 0 aliphatic rings. The van der Waals surface area contributed by atoms with Crippen LogP contribution in [0.15, 0.2) is 42.5 Å². The number of hydrogen-bond donors (Lipinski definition) is 0. The Balaban J connectivity index is 2.22.